The van der Waals surface area contributed by atoms with Gasteiger partial charge in [-0.2, -0.15) is 11.8 Å². The van der Waals surface area contributed by atoms with Crippen LogP contribution in [0.1, 0.15) is 19.3 Å². The predicted molar refractivity (Wildman–Crippen MR) is 68.1 cm³/mol. The first-order chi connectivity index (χ1) is 7.77. The quantitative estimate of drug-likeness (QED) is 0.868. The molecule has 0 aliphatic carbocycles. The van der Waals surface area contributed by atoms with E-state index in [9.17, 15) is 4.79 Å². The van der Waals surface area contributed by atoms with Crippen LogP contribution in [0, 0.1) is 0 Å². The molecule has 1 unspecified atom stereocenters. The van der Waals surface area contributed by atoms with Crippen LogP contribution < -0.4 is 10.9 Å². The Kier molecular flexibility index (Phi) is 3.88. The van der Waals surface area contributed by atoms with Crippen molar-refractivity contribution in [3.05, 3.63) is 22.7 Å². The van der Waals surface area contributed by atoms with Crippen molar-refractivity contribution >= 4 is 17.6 Å². The van der Waals surface area contributed by atoms with E-state index in [1.165, 1.54) is 25.0 Å². The topological polar surface area (TPSA) is 46.9 Å². The lowest BCUT2D eigenvalue weighted by Crippen LogP contribution is -2.26. The summed E-state index contributed by atoms with van der Waals surface area (Å²) < 4.78 is 1.54. The molecular formula is C11H17N3OS. The molecule has 0 radical (unpaired) electrons. The first-order valence-electron chi connectivity index (χ1n) is 5.64. The minimum atomic E-state index is -0.0525. The van der Waals surface area contributed by atoms with E-state index in [4.69, 9.17) is 0 Å². The summed E-state index contributed by atoms with van der Waals surface area (Å²) in [7, 11) is 1.74. The van der Waals surface area contributed by atoms with Crippen LogP contribution >= 0.6 is 11.8 Å². The molecule has 4 nitrogen and oxygen atoms in total. The second-order valence-corrected chi connectivity index (χ2v) is 5.47. The summed E-state index contributed by atoms with van der Waals surface area (Å²) in [4.78, 5) is 15.7. The molecular weight excluding hydrogens is 222 g/mol. The van der Waals surface area contributed by atoms with Crippen LogP contribution in [-0.4, -0.2) is 27.1 Å². The molecule has 0 saturated carbocycles. The highest BCUT2D eigenvalue weighted by molar-refractivity contribution is 7.99. The number of aryl methyl sites for hydroxylation is 1. The van der Waals surface area contributed by atoms with Crippen molar-refractivity contribution < 1.29 is 0 Å². The van der Waals surface area contributed by atoms with Gasteiger partial charge in [-0.25, -0.2) is 4.98 Å². The van der Waals surface area contributed by atoms with Crippen LogP contribution in [0.15, 0.2) is 17.2 Å². The van der Waals surface area contributed by atoms with E-state index in [1.54, 1.807) is 24.0 Å². The van der Waals surface area contributed by atoms with Crippen molar-refractivity contribution in [3.63, 3.8) is 0 Å². The second-order valence-electron chi connectivity index (χ2n) is 4.06. The molecule has 2 rings (SSSR count). The number of nitrogens with one attached hydrogen (secondary N) is 1. The highest BCUT2D eigenvalue weighted by Crippen LogP contribution is 2.24. The number of hydrogen-bond donors (Lipinski definition) is 1. The summed E-state index contributed by atoms with van der Waals surface area (Å²) in [6, 6.07) is 0. The van der Waals surface area contributed by atoms with Crippen molar-refractivity contribution in [2.24, 2.45) is 7.05 Å². The summed E-state index contributed by atoms with van der Waals surface area (Å²) >= 11 is 1.99. The van der Waals surface area contributed by atoms with Gasteiger partial charge in [-0.1, -0.05) is 6.42 Å². The van der Waals surface area contributed by atoms with E-state index in [2.05, 4.69) is 10.3 Å². The molecule has 1 aromatic heterocycles. The molecule has 0 spiro atoms. The average Bonchev–Trinajstić information content (AvgIpc) is 2.32. The third kappa shape index (κ3) is 2.78. The fourth-order valence-corrected chi connectivity index (χ4v) is 3.04. The smallest absolute Gasteiger partial charge is 0.293 e. The van der Waals surface area contributed by atoms with Gasteiger partial charge in [0.2, 0.25) is 0 Å². The maximum Gasteiger partial charge on any atom is 0.293 e. The minimum absolute atomic E-state index is 0.0525. The highest BCUT2D eigenvalue weighted by Gasteiger charge is 2.14. The number of thioether (sulfide) groups is 1. The first kappa shape index (κ1) is 11.5. The Morgan fingerprint density at radius 1 is 1.62 bits per heavy atom. The van der Waals surface area contributed by atoms with E-state index in [1.807, 2.05) is 11.8 Å². The van der Waals surface area contributed by atoms with Crippen molar-refractivity contribution in [2.75, 3.05) is 17.6 Å². The number of rotatable bonds is 3. The van der Waals surface area contributed by atoms with Crippen molar-refractivity contribution in [2.45, 2.75) is 24.5 Å². The Morgan fingerprint density at radius 2 is 2.50 bits per heavy atom. The molecule has 1 aromatic rings. The molecule has 1 aliphatic rings. The molecule has 2 heterocycles. The van der Waals surface area contributed by atoms with Crippen molar-refractivity contribution in [1.29, 1.82) is 0 Å². The van der Waals surface area contributed by atoms with Gasteiger partial charge in [0.05, 0.1) is 0 Å². The van der Waals surface area contributed by atoms with E-state index in [-0.39, 0.29) is 5.56 Å². The van der Waals surface area contributed by atoms with Gasteiger partial charge in [0.15, 0.2) is 5.82 Å². The summed E-state index contributed by atoms with van der Waals surface area (Å²) in [5.41, 5.74) is -0.0525. The van der Waals surface area contributed by atoms with E-state index >= 15 is 0 Å². The molecule has 5 heteroatoms. The monoisotopic (exact) mass is 239 g/mol. The van der Waals surface area contributed by atoms with Gasteiger partial charge in [-0.05, 0) is 18.6 Å². The van der Waals surface area contributed by atoms with Crippen molar-refractivity contribution in [1.82, 2.24) is 9.55 Å². The van der Waals surface area contributed by atoms with Crippen LogP contribution in [0.25, 0.3) is 0 Å². The lowest BCUT2D eigenvalue weighted by molar-refractivity contribution is 0.676. The Labute approximate surface area is 99.5 Å². The molecule has 1 saturated heterocycles. The number of nitrogens with zero attached hydrogens (tertiary/aromatic N) is 2. The maximum absolute atomic E-state index is 11.7. The SMILES string of the molecule is Cn1ccnc(NCC2CCCCS2)c1=O. The molecule has 0 bridgehead atoms. The summed E-state index contributed by atoms with van der Waals surface area (Å²) in [5.74, 6) is 1.71. The van der Waals surface area contributed by atoms with Crippen LogP contribution in [0.2, 0.25) is 0 Å². The lowest BCUT2D eigenvalue weighted by Gasteiger charge is -2.21. The third-order valence-corrected chi connectivity index (χ3v) is 4.19. The predicted octanol–water partition coefficient (Wildman–Crippen LogP) is 1.48. The van der Waals surface area contributed by atoms with E-state index < -0.39 is 0 Å². The second kappa shape index (κ2) is 5.39. The van der Waals surface area contributed by atoms with Crippen LogP contribution in [0.3, 0.4) is 0 Å². The molecule has 1 atom stereocenters. The van der Waals surface area contributed by atoms with Gasteiger partial charge in [0, 0.05) is 31.2 Å². The Bertz CT molecular complexity index is 398. The number of hydrogen-bond acceptors (Lipinski definition) is 4. The largest absolute Gasteiger partial charge is 0.364 e. The Balaban J connectivity index is 1.94. The Morgan fingerprint density at radius 3 is 3.25 bits per heavy atom. The third-order valence-electron chi connectivity index (χ3n) is 2.79. The molecule has 1 fully saturated rings. The lowest BCUT2D eigenvalue weighted by atomic mass is 10.2. The fraction of sp³-hybridized carbons (Fsp3) is 0.636. The zero-order chi connectivity index (χ0) is 11.4. The zero-order valence-electron chi connectivity index (χ0n) is 9.48. The highest BCUT2D eigenvalue weighted by atomic mass is 32.2. The zero-order valence-corrected chi connectivity index (χ0v) is 10.3. The Hall–Kier alpha value is -0.970. The number of anilines is 1. The number of aromatic nitrogens is 2. The van der Waals surface area contributed by atoms with Gasteiger partial charge in [-0.3, -0.25) is 4.79 Å². The van der Waals surface area contributed by atoms with E-state index in [0.717, 1.165) is 6.54 Å². The summed E-state index contributed by atoms with van der Waals surface area (Å²) in [5, 5.41) is 3.78. The first-order valence-corrected chi connectivity index (χ1v) is 6.69. The fourth-order valence-electron chi connectivity index (χ4n) is 1.80. The molecule has 88 valence electrons. The van der Waals surface area contributed by atoms with Gasteiger partial charge < -0.3 is 9.88 Å². The van der Waals surface area contributed by atoms with Gasteiger partial charge in [-0.15, -0.1) is 0 Å². The summed E-state index contributed by atoms with van der Waals surface area (Å²) in [6.45, 7) is 0.844. The van der Waals surface area contributed by atoms with Crippen molar-refractivity contribution in [3.8, 4) is 0 Å². The van der Waals surface area contributed by atoms with Gasteiger partial charge >= 0.3 is 0 Å². The normalized spacial score (nSPS) is 20.7. The van der Waals surface area contributed by atoms with Crippen LogP contribution in [0.4, 0.5) is 5.82 Å². The molecule has 0 aromatic carbocycles. The van der Waals surface area contributed by atoms with Gasteiger partial charge in [0.25, 0.3) is 5.56 Å². The average molecular weight is 239 g/mol. The minimum Gasteiger partial charge on any atom is -0.364 e. The standard InChI is InChI=1S/C11H17N3OS/c1-14-6-5-12-10(11(14)15)13-8-9-4-2-3-7-16-9/h5-6,9H,2-4,7-8H2,1H3,(H,12,13). The molecule has 1 N–H and O–H groups in total. The molecule has 0 amide bonds. The van der Waals surface area contributed by atoms with Crippen LogP contribution in [-0.2, 0) is 7.05 Å². The molecule has 1 aliphatic heterocycles. The van der Waals surface area contributed by atoms with Gasteiger partial charge in [0.1, 0.15) is 0 Å². The van der Waals surface area contributed by atoms with E-state index in [0.29, 0.717) is 11.1 Å². The van der Waals surface area contributed by atoms with Crippen LogP contribution in [0.5, 0.6) is 0 Å². The molecule has 16 heavy (non-hydrogen) atoms. The maximum atomic E-state index is 11.7. The summed E-state index contributed by atoms with van der Waals surface area (Å²) in [6.07, 6.45) is 7.19.